The average Bonchev–Trinajstić information content (AvgIpc) is 3.33. The van der Waals surface area contributed by atoms with Crippen LogP contribution in [0, 0.1) is 5.92 Å². The molecule has 5 heteroatoms. The van der Waals surface area contributed by atoms with Crippen LogP contribution in [0.2, 0.25) is 0 Å². The van der Waals surface area contributed by atoms with Crippen molar-refractivity contribution in [1.82, 2.24) is 4.90 Å². The van der Waals surface area contributed by atoms with Crippen LogP contribution in [-0.2, 0) is 9.47 Å². The molecule has 2 aliphatic heterocycles. The minimum Gasteiger partial charge on any atom is -0.448 e. The molecule has 5 nitrogen and oxygen atoms in total. The SMILES string of the molecule is O=C(c1cccc(-c2ccccc2)c1)C1CC2COCC(C1)N2C(=O)OCC1c2ccccc2-c2ccccc21. The molecule has 2 atom stereocenters. The Morgan fingerprint density at radius 2 is 1.32 bits per heavy atom. The summed E-state index contributed by atoms with van der Waals surface area (Å²) in [4.78, 5) is 29.0. The molecule has 2 unspecified atom stereocenters. The third-order valence-corrected chi connectivity index (χ3v) is 8.69. The minimum absolute atomic E-state index is 0.0171. The Kier molecular flexibility index (Phi) is 6.45. The van der Waals surface area contributed by atoms with E-state index in [1.807, 2.05) is 59.5 Å². The molecule has 0 radical (unpaired) electrons. The molecule has 0 aromatic heterocycles. The minimum atomic E-state index is -0.308. The second-order valence-corrected chi connectivity index (χ2v) is 11.0. The fourth-order valence-corrected chi connectivity index (χ4v) is 6.81. The van der Waals surface area contributed by atoms with Crippen molar-refractivity contribution in [2.75, 3.05) is 19.8 Å². The highest BCUT2D eigenvalue weighted by Gasteiger charge is 2.45. The van der Waals surface area contributed by atoms with Crippen molar-refractivity contribution in [2.24, 2.45) is 5.92 Å². The summed E-state index contributed by atoms with van der Waals surface area (Å²) >= 11 is 0. The van der Waals surface area contributed by atoms with Crippen molar-refractivity contribution in [2.45, 2.75) is 30.8 Å². The van der Waals surface area contributed by atoms with E-state index in [1.165, 1.54) is 22.3 Å². The summed E-state index contributed by atoms with van der Waals surface area (Å²) in [6.45, 7) is 1.14. The van der Waals surface area contributed by atoms with Crippen LogP contribution in [0.1, 0.15) is 40.2 Å². The lowest BCUT2D eigenvalue weighted by molar-refractivity contribution is -0.0747. The Morgan fingerprint density at radius 1 is 0.725 bits per heavy atom. The number of piperidine rings is 1. The molecule has 1 aliphatic carbocycles. The summed E-state index contributed by atoms with van der Waals surface area (Å²) in [5.74, 6) is 0.00729. The van der Waals surface area contributed by atoms with Crippen LogP contribution in [0.15, 0.2) is 103 Å². The maximum Gasteiger partial charge on any atom is 0.410 e. The molecule has 2 bridgehead atoms. The number of Topliss-reactive ketones (excluding diaryl/α,β-unsaturated/α-hetero) is 1. The van der Waals surface area contributed by atoms with Gasteiger partial charge in [0.05, 0.1) is 25.3 Å². The van der Waals surface area contributed by atoms with E-state index in [1.54, 1.807) is 0 Å². The van der Waals surface area contributed by atoms with E-state index in [0.29, 0.717) is 26.1 Å². The van der Waals surface area contributed by atoms with E-state index in [4.69, 9.17) is 9.47 Å². The first-order valence-corrected chi connectivity index (χ1v) is 14.1. The van der Waals surface area contributed by atoms with Crippen LogP contribution in [0.4, 0.5) is 4.79 Å². The van der Waals surface area contributed by atoms with E-state index in [-0.39, 0.29) is 42.4 Å². The molecule has 7 rings (SSSR count). The van der Waals surface area contributed by atoms with Crippen LogP contribution in [0.25, 0.3) is 22.3 Å². The van der Waals surface area contributed by atoms with Gasteiger partial charge in [-0.3, -0.25) is 9.69 Å². The topological polar surface area (TPSA) is 55.8 Å². The molecule has 4 aromatic carbocycles. The third kappa shape index (κ3) is 4.40. The van der Waals surface area contributed by atoms with Crippen molar-refractivity contribution in [3.63, 3.8) is 0 Å². The van der Waals surface area contributed by atoms with Gasteiger partial charge in [0.15, 0.2) is 5.78 Å². The number of carbonyl (C=O) groups excluding carboxylic acids is 2. The summed E-state index contributed by atoms with van der Waals surface area (Å²) in [5, 5.41) is 0. The number of amides is 1. The maximum atomic E-state index is 13.6. The normalized spacial score (nSPS) is 21.4. The van der Waals surface area contributed by atoms with Crippen molar-refractivity contribution in [1.29, 1.82) is 0 Å². The highest BCUT2D eigenvalue weighted by atomic mass is 16.6. The number of hydrogen-bond acceptors (Lipinski definition) is 4. The van der Waals surface area contributed by atoms with Gasteiger partial charge in [-0.25, -0.2) is 4.79 Å². The van der Waals surface area contributed by atoms with Crippen molar-refractivity contribution >= 4 is 11.9 Å². The smallest absolute Gasteiger partial charge is 0.410 e. The molecular formula is C35H31NO4. The molecule has 1 amide bonds. The predicted octanol–water partition coefficient (Wildman–Crippen LogP) is 6.96. The molecule has 2 fully saturated rings. The van der Waals surface area contributed by atoms with Gasteiger partial charge in [-0.15, -0.1) is 0 Å². The van der Waals surface area contributed by atoms with Gasteiger partial charge in [0.25, 0.3) is 0 Å². The first kappa shape index (κ1) is 24.8. The number of nitrogens with zero attached hydrogens (tertiary/aromatic N) is 1. The van der Waals surface area contributed by atoms with Gasteiger partial charge in [-0.1, -0.05) is 97.1 Å². The first-order valence-electron chi connectivity index (χ1n) is 14.1. The molecule has 2 heterocycles. The molecule has 0 saturated carbocycles. The van der Waals surface area contributed by atoms with Gasteiger partial charge in [0, 0.05) is 17.4 Å². The van der Waals surface area contributed by atoms with Crippen LogP contribution < -0.4 is 0 Å². The second kappa shape index (κ2) is 10.4. The van der Waals surface area contributed by atoms with E-state index in [9.17, 15) is 9.59 Å². The zero-order chi connectivity index (χ0) is 27.1. The monoisotopic (exact) mass is 529 g/mol. The van der Waals surface area contributed by atoms with Gasteiger partial charge < -0.3 is 9.47 Å². The van der Waals surface area contributed by atoms with E-state index < -0.39 is 0 Å². The van der Waals surface area contributed by atoms with Gasteiger partial charge in [0.1, 0.15) is 6.61 Å². The zero-order valence-corrected chi connectivity index (χ0v) is 22.2. The Hall–Kier alpha value is -4.22. The lowest BCUT2D eigenvalue weighted by Crippen LogP contribution is -2.60. The summed E-state index contributed by atoms with van der Waals surface area (Å²) in [6.07, 6.45) is 0.849. The number of carbonyl (C=O) groups is 2. The number of fused-ring (bicyclic) bond motifs is 5. The van der Waals surface area contributed by atoms with Gasteiger partial charge in [-0.05, 0) is 52.3 Å². The fourth-order valence-electron chi connectivity index (χ4n) is 6.81. The van der Waals surface area contributed by atoms with Gasteiger partial charge >= 0.3 is 6.09 Å². The largest absolute Gasteiger partial charge is 0.448 e. The van der Waals surface area contributed by atoms with Gasteiger partial charge in [0.2, 0.25) is 0 Å². The number of morpholine rings is 1. The second-order valence-electron chi connectivity index (χ2n) is 11.0. The Bertz CT molecular complexity index is 1510. The Balaban J connectivity index is 1.05. The van der Waals surface area contributed by atoms with E-state index in [2.05, 4.69) is 48.5 Å². The molecule has 0 N–H and O–H groups in total. The molecule has 40 heavy (non-hydrogen) atoms. The van der Waals surface area contributed by atoms with Crippen molar-refractivity contribution in [3.05, 3.63) is 120 Å². The molecule has 200 valence electrons. The van der Waals surface area contributed by atoms with Crippen LogP contribution >= 0.6 is 0 Å². The summed E-state index contributed by atoms with van der Waals surface area (Å²) in [6, 6.07) is 34.3. The number of hydrogen-bond donors (Lipinski definition) is 0. The lowest BCUT2D eigenvalue weighted by Gasteiger charge is -2.47. The molecule has 4 aromatic rings. The molecule has 2 saturated heterocycles. The Morgan fingerprint density at radius 3 is 2.00 bits per heavy atom. The van der Waals surface area contributed by atoms with Crippen molar-refractivity contribution < 1.29 is 19.1 Å². The number of benzene rings is 4. The van der Waals surface area contributed by atoms with Crippen LogP contribution in [0.3, 0.4) is 0 Å². The molecular weight excluding hydrogens is 498 g/mol. The van der Waals surface area contributed by atoms with Crippen molar-refractivity contribution in [3.8, 4) is 22.3 Å². The standard InChI is InChI=1S/C35H31NO4/c37-34(25-12-8-11-24(17-25)23-9-2-1-3-10-23)26-18-27-20-39-21-28(19-26)36(27)35(38)40-22-33-31-15-6-4-13-29(31)30-14-5-7-16-32(30)33/h1-17,26-28,33H,18-22H2. The van der Waals surface area contributed by atoms with E-state index in [0.717, 1.165) is 16.7 Å². The lowest BCUT2D eigenvalue weighted by atomic mass is 9.80. The molecule has 0 spiro atoms. The number of ether oxygens (including phenoxy) is 2. The predicted molar refractivity (Wildman–Crippen MR) is 154 cm³/mol. The molecule has 3 aliphatic rings. The number of rotatable bonds is 5. The summed E-state index contributed by atoms with van der Waals surface area (Å²) in [7, 11) is 0. The quantitative estimate of drug-likeness (QED) is 0.262. The Labute approximate surface area is 234 Å². The van der Waals surface area contributed by atoms with E-state index >= 15 is 0 Å². The first-order chi connectivity index (χ1) is 19.7. The van der Waals surface area contributed by atoms with Gasteiger partial charge in [-0.2, -0.15) is 0 Å². The van der Waals surface area contributed by atoms with Crippen LogP contribution in [0.5, 0.6) is 0 Å². The maximum absolute atomic E-state index is 13.6. The third-order valence-electron chi connectivity index (χ3n) is 8.69. The zero-order valence-electron chi connectivity index (χ0n) is 22.2. The van der Waals surface area contributed by atoms with Crippen LogP contribution in [-0.4, -0.2) is 48.7 Å². The highest BCUT2D eigenvalue weighted by Crippen LogP contribution is 2.45. The number of ketones is 1. The summed E-state index contributed by atoms with van der Waals surface area (Å²) < 4.78 is 11.8. The fraction of sp³-hybridized carbons (Fsp3) is 0.257. The highest BCUT2D eigenvalue weighted by molar-refractivity contribution is 5.99. The summed E-state index contributed by atoms with van der Waals surface area (Å²) in [5.41, 5.74) is 7.66. The average molecular weight is 530 g/mol.